The summed E-state index contributed by atoms with van der Waals surface area (Å²) in [6.07, 6.45) is 9.14. The van der Waals surface area contributed by atoms with E-state index in [2.05, 4.69) is 269 Å². The Bertz CT molecular complexity index is 3370. The molecule has 0 unspecified atom stereocenters. The Labute approximate surface area is 396 Å². The van der Waals surface area contributed by atoms with Gasteiger partial charge in [0, 0.05) is 16.5 Å². The van der Waals surface area contributed by atoms with Gasteiger partial charge in [-0.15, -0.1) is 0 Å². The molecule has 2 aliphatic carbocycles. The Balaban J connectivity index is 0.000000136. The minimum atomic E-state index is 1.12. The number of hydrogen-bond acceptors (Lipinski definition) is 0. The molecule has 0 amide bonds. The van der Waals surface area contributed by atoms with Crippen LogP contribution >= 0.6 is 0 Å². The van der Waals surface area contributed by atoms with Gasteiger partial charge in [0.25, 0.3) is 0 Å². The first-order valence-corrected chi connectivity index (χ1v) is 23.6. The van der Waals surface area contributed by atoms with Crippen molar-refractivity contribution in [3.8, 4) is 27.9 Å². The summed E-state index contributed by atoms with van der Waals surface area (Å²) in [4.78, 5) is 0. The zero-order valence-corrected chi connectivity index (χ0v) is 38.9. The van der Waals surface area contributed by atoms with E-state index in [9.17, 15) is 0 Å². The molecule has 324 valence electrons. The van der Waals surface area contributed by atoms with Crippen molar-refractivity contribution in [2.24, 2.45) is 0 Å². The number of benzene rings is 9. The molecule has 0 fully saturated rings. The summed E-state index contributed by atoms with van der Waals surface area (Å²) < 4.78 is 2.40. The summed E-state index contributed by atoms with van der Waals surface area (Å²) in [5, 5.41) is 2.59. The maximum Gasteiger partial charge on any atom is 0.0547 e. The largest absolute Gasteiger partial charge is 0.309 e. The van der Waals surface area contributed by atoms with Gasteiger partial charge in [-0.1, -0.05) is 229 Å². The van der Waals surface area contributed by atoms with E-state index >= 15 is 0 Å². The van der Waals surface area contributed by atoms with Crippen LogP contribution in [0.15, 0.2) is 237 Å². The first kappa shape index (κ1) is 42.9. The van der Waals surface area contributed by atoms with Crippen molar-refractivity contribution in [1.29, 1.82) is 0 Å². The topological polar surface area (TPSA) is 4.93 Å². The van der Waals surface area contributed by atoms with Crippen LogP contribution in [0.5, 0.6) is 0 Å². The second kappa shape index (κ2) is 19.2. The summed E-state index contributed by atoms with van der Waals surface area (Å²) in [5.74, 6) is 0. The number of para-hydroxylation sites is 1. The van der Waals surface area contributed by atoms with Crippen molar-refractivity contribution >= 4 is 38.5 Å². The molecule has 0 spiro atoms. The highest BCUT2D eigenvalue weighted by Gasteiger charge is 2.27. The standard InChI is InChI=1S/C31H25N.C27H20.C8H10/c1-22-12-14-24(15-13-22)25-17-19-30-29(20-25)28-18-16-26(23-8-4-2-5-9-23)21-31(28)32(30)27-10-6-3-7-11-27;1-19-16-17-23-22-14-8-9-15-24(22)27(25(23)18-19)26(20-10-4-2-5-11-20)21-12-6-3-7-13-21;1-7-3-5-8(2)6-4-7/h3-4,6-21H,2,5H2,1H3;2-18H,1H3;3-6H,1-2H3. The third-order valence-electron chi connectivity index (χ3n) is 13.0. The summed E-state index contributed by atoms with van der Waals surface area (Å²) in [5.41, 5.74) is 24.5. The van der Waals surface area contributed by atoms with Crippen LogP contribution in [0.3, 0.4) is 0 Å². The van der Waals surface area contributed by atoms with Crippen LogP contribution in [0, 0.1) is 27.7 Å². The van der Waals surface area contributed by atoms with E-state index in [0.717, 1.165) is 12.8 Å². The van der Waals surface area contributed by atoms with Crippen LogP contribution < -0.4 is 0 Å². The predicted octanol–water partition coefficient (Wildman–Crippen LogP) is 17.8. The molecule has 0 bridgehead atoms. The molecule has 1 heterocycles. The lowest BCUT2D eigenvalue weighted by Gasteiger charge is -2.15. The normalized spacial score (nSPS) is 12.4. The molecule has 0 saturated heterocycles. The first-order chi connectivity index (χ1) is 32.9. The van der Waals surface area contributed by atoms with E-state index in [1.807, 2.05) is 0 Å². The fourth-order valence-electron chi connectivity index (χ4n) is 9.56. The highest BCUT2D eigenvalue weighted by Crippen LogP contribution is 2.49. The predicted molar refractivity (Wildman–Crippen MR) is 288 cm³/mol. The molecule has 0 atom stereocenters. The van der Waals surface area contributed by atoms with Crippen LogP contribution in [0.4, 0.5) is 0 Å². The molecule has 12 rings (SSSR count). The van der Waals surface area contributed by atoms with Crippen molar-refractivity contribution in [3.05, 3.63) is 287 Å². The number of allylic oxidation sites excluding steroid dienone is 4. The van der Waals surface area contributed by atoms with E-state index in [0.29, 0.717) is 0 Å². The second-order valence-corrected chi connectivity index (χ2v) is 17.9. The maximum absolute atomic E-state index is 2.40. The van der Waals surface area contributed by atoms with Crippen LogP contribution in [-0.2, 0) is 0 Å². The lowest BCUT2D eigenvalue weighted by Crippen LogP contribution is -1.94. The van der Waals surface area contributed by atoms with Gasteiger partial charge in [-0.2, -0.15) is 0 Å². The van der Waals surface area contributed by atoms with Gasteiger partial charge in [0.15, 0.2) is 0 Å². The molecule has 0 radical (unpaired) electrons. The van der Waals surface area contributed by atoms with Gasteiger partial charge in [-0.3, -0.25) is 0 Å². The SMILES string of the molecule is Cc1ccc(-c2ccc3c(c2)c2ccc(C4=CCCC=C4)cc2n3-c2ccccc2)cc1.Cc1ccc(C)cc1.Cc1ccc2c(c1)C(=C(c1ccccc1)c1ccccc1)c1ccccc1-2. The molecule has 1 heteroatoms. The quantitative estimate of drug-likeness (QED) is 0.162. The number of aryl methyl sites for hydroxylation is 4. The van der Waals surface area contributed by atoms with E-state index in [1.54, 1.807) is 0 Å². The zero-order valence-electron chi connectivity index (χ0n) is 38.9. The summed E-state index contributed by atoms with van der Waals surface area (Å²) in [6.45, 7) is 8.50. The van der Waals surface area contributed by atoms with Crippen molar-refractivity contribution < 1.29 is 0 Å². The monoisotopic (exact) mass is 861 g/mol. The van der Waals surface area contributed by atoms with Gasteiger partial charge in [-0.05, 0) is 138 Å². The van der Waals surface area contributed by atoms with Crippen molar-refractivity contribution in [1.82, 2.24) is 4.57 Å². The molecular weight excluding hydrogens is 807 g/mol. The molecular formula is C66H55N. The maximum atomic E-state index is 2.40. The van der Waals surface area contributed by atoms with Gasteiger partial charge in [0.1, 0.15) is 0 Å². The second-order valence-electron chi connectivity index (χ2n) is 17.9. The highest BCUT2D eigenvalue weighted by atomic mass is 15.0. The molecule has 1 nitrogen and oxygen atoms in total. The third kappa shape index (κ3) is 9.02. The van der Waals surface area contributed by atoms with E-state index < -0.39 is 0 Å². The lowest BCUT2D eigenvalue weighted by molar-refractivity contribution is 1.04. The van der Waals surface area contributed by atoms with Gasteiger partial charge in [-0.25, -0.2) is 0 Å². The number of rotatable bonds is 5. The molecule has 0 saturated carbocycles. The lowest BCUT2D eigenvalue weighted by atomic mass is 9.88. The van der Waals surface area contributed by atoms with Gasteiger partial charge >= 0.3 is 0 Å². The van der Waals surface area contributed by atoms with Gasteiger partial charge < -0.3 is 4.57 Å². The minimum Gasteiger partial charge on any atom is -0.309 e. The fourth-order valence-corrected chi connectivity index (χ4v) is 9.56. The van der Waals surface area contributed by atoms with Crippen molar-refractivity contribution in [3.63, 3.8) is 0 Å². The van der Waals surface area contributed by atoms with E-state index in [-0.39, 0.29) is 0 Å². The number of nitrogens with zero attached hydrogens (tertiary/aromatic N) is 1. The Hall–Kier alpha value is -8.00. The molecule has 9 aromatic carbocycles. The Morgan fingerprint density at radius 3 is 1.54 bits per heavy atom. The van der Waals surface area contributed by atoms with Crippen LogP contribution in [0.2, 0.25) is 0 Å². The van der Waals surface area contributed by atoms with Crippen LogP contribution in [0.25, 0.3) is 66.5 Å². The number of hydrogen-bond donors (Lipinski definition) is 0. The summed E-state index contributed by atoms with van der Waals surface area (Å²) >= 11 is 0. The number of aromatic nitrogens is 1. The number of fused-ring (bicyclic) bond motifs is 6. The molecule has 67 heavy (non-hydrogen) atoms. The molecule has 10 aromatic rings. The van der Waals surface area contributed by atoms with Crippen LogP contribution in [0.1, 0.15) is 62.9 Å². The smallest absolute Gasteiger partial charge is 0.0547 e. The Kier molecular flexibility index (Phi) is 12.3. The van der Waals surface area contributed by atoms with Crippen molar-refractivity contribution in [2.75, 3.05) is 0 Å². The molecule has 1 aromatic heterocycles. The minimum absolute atomic E-state index is 1.12. The van der Waals surface area contributed by atoms with Gasteiger partial charge in [0.05, 0.1) is 11.0 Å². The molecule has 0 aliphatic heterocycles. The summed E-state index contributed by atoms with van der Waals surface area (Å²) in [7, 11) is 0. The van der Waals surface area contributed by atoms with E-state index in [4.69, 9.17) is 0 Å². The summed E-state index contributed by atoms with van der Waals surface area (Å²) in [6, 6.07) is 78.9. The fraction of sp³-hybridized carbons (Fsp3) is 0.0909. The average molecular weight is 862 g/mol. The third-order valence-corrected chi connectivity index (χ3v) is 13.0. The molecule has 0 N–H and O–H groups in total. The van der Waals surface area contributed by atoms with Crippen LogP contribution in [-0.4, -0.2) is 4.57 Å². The van der Waals surface area contributed by atoms with Gasteiger partial charge in [0.2, 0.25) is 0 Å². The highest BCUT2D eigenvalue weighted by molar-refractivity contribution is 6.14. The molecule has 2 aliphatic rings. The average Bonchev–Trinajstić information content (AvgIpc) is 3.88. The van der Waals surface area contributed by atoms with E-state index in [1.165, 1.54) is 117 Å². The first-order valence-electron chi connectivity index (χ1n) is 23.6. The Morgan fingerprint density at radius 1 is 0.373 bits per heavy atom. The van der Waals surface area contributed by atoms with Crippen molar-refractivity contribution in [2.45, 2.75) is 40.5 Å². The Morgan fingerprint density at radius 2 is 0.910 bits per heavy atom. The zero-order chi connectivity index (χ0) is 45.7.